The zero-order valence-corrected chi connectivity index (χ0v) is 9.20. The molecule has 0 bridgehead atoms. The van der Waals surface area contributed by atoms with Crippen molar-refractivity contribution in [2.24, 2.45) is 0 Å². The van der Waals surface area contributed by atoms with Gasteiger partial charge in [-0.15, -0.1) is 11.3 Å². The standard InChI is InChI=1S/C8H9BrO2S/c1-4-3-12-7(6(4)9)5(2)8(10)11/h3,5H,1-2H3,(H,10,11). The molecule has 2 nitrogen and oxygen atoms in total. The summed E-state index contributed by atoms with van der Waals surface area (Å²) in [6.45, 7) is 3.65. The number of halogens is 1. The number of carboxylic acid groups (broad SMARTS) is 1. The normalized spacial score (nSPS) is 12.9. The summed E-state index contributed by atoms with van der Waals surface area (Å²) in [5.41, 5.74) is 1.10. The van der Waals surface area contributed by atoms with Gasteiger partial charge in [0, 0.05) is 9.35 Å². The molecule has 0 aliphatic rings. The van der Waals surface area contributed by atoms with Crippen LogP contribution in [-0.2, 0) is 4.79 Å². The quantitative estimate of drug-likeness (QED) is 0.874. The van der Waals surface area contributed by atoms with Gasteiger partial charge >= 0.3 is 5.97 Å². The highest BCUT2D eigenvalue weighted by Crippen LogP contribution is 2.33. The SMILES string of the molecule is Cc1csc(C(C)C(=O)O)c1Br. The van der Waals surface area contributed by atoms with E-state index in [9.17, 15) is 4.79 Å². The highest BCUT2D eigenvalue weighted by molar-refractivity contribution is 9.10. The van der Waals surface area contributed by atoms with Crippen LogP contribution in [0.3, 0.4) is 0 Å². The molecule has 0 aliphatic carbocycles. The van der Waals surface area contributed by atoms with Gasteiger partial charge in [-0.1, -0.05) is 0 Å². The van der Waals surface area contributed by atoms with Crippen LogP contribution in [0.15, 0.2) is 9.85 Å². The number of hydrogen-bond acceptors (Lipinski definition) is 2. The minimum Gasteiger partial charge on any atom is -0.481 e. The Labute approximate surface area is 83.4 Å². The summed E-state index contributed by atoms with van der Waals surface area (Å²) < 4.78 is 0.933. The van der Waals surface area contributed by atoms with Crippen molar-refractivity contribution in [1.82, 2.24) is 0 Å². The van der Waals surface area contributed by atoms with Crippen molar-refractivity contribution in [3.8, 4) is 0 Å². The van der Waals surface area contributed by atoms with Gasteiger partial charge in [0.05, 0.1) is 5.92 Å². The Balaban J connectivity index is 3.03. The maximum atomic E-state index is 10.6. The Bertz CT molecular complexity index is 306. The lowest BCUT2D eigenvalue weighted by Gasteiger charge is -2.03. The molecule has 0 saturated heterocycles. The lowest BCUT2D eigenvalue weighted by atomic mass is 10.1. The minimum atomic E-state index is -0.780. The number of rotatable bonds is 2. The van der Waals surface area contributed by atoms with Gasteiger partial charge in [0.25, 0.3) is 0 Å². The molecule has 0 spiro atoms. The fourth-order valence-corrected chi connectivity index (χ4v) is 2.73. The first-order chi connectivity index (χ1) is 5.54. The minimum absolute atomic E-state index is 0.418. The van der Waals surface area contributed by atoms with E-state index in [1.54, 1.807) is 6.92 Å². The van der Waals surface area contributed by atoms with Gasteiger partial charge in [0.1, 0.15) is 0 Å². The highest BCUT2D eigenvalue weighted by atomic mass is 79.9. The van der Waals surface area contributed by atoms with Crippen molar-refractivity contribution in [1.29, 1.82) is 0 Å². The summed E-state index contributed by atoms with van der Waals surface area (Å²) in [5.74, 6) is -1.20. The molecule has 66 valence electrons. The van der Waals surface area contributed by atoms with E-state index < -0.39 is 11.9 Å². The third-order valence-electron chi connectivity index (χ3n) is 1.69. The van der Waals surface area contributed by atoms with Gasteiger partial charge in [-0.25, -0.2) is 0 Å². The Hall–Kier alpha value is -0.350. The molecule has 1 heterocycles. The first kappa shape index (κ1) is 9.74. The van der Waals surface area contributed by atoms with Gasteiger partial charge in [0.2, 0.25) is 0 Å². The van der Waals surface area contributed by atoms with Crippen molar-refractivity contribution in [2.45, 2.75) is 19.8 Å². The van der Waals surface area contributed by atoms with E-state index in [1.807, 2.05) is 12.3 Å². The van der Waals surface area contributed by atoms with Crippen LogP contribution in [0.2, 0.25) is 0 Å². The summed E-state index contributed by atoms with van der Waals surface area (Å²) in [4.78, 5) is 11.5. The summed E-state index contributed by atoms with van der Waals surface area (Å²) >= 11 is 4.85. The molecule has 12 heavy (non-hydrogen) atoms. The average molecular weight is 249 g/mol. The van der Waals surface area contributed by atoms with E-state index in [2.05, 4.69) is 15.9 Å². The molecule has 1 rings (SSSR count). The number of carboxylic acids is 1. The first-order valence-corrected chi connectivity index (χ1v) is 5.17. The van der Waals surface area contributed by atoms with Crippen molar-refractivity contribution in [2.75, 3.05) is 0 Å². The summed E-state index contributed by atoms with van der Waals surface area (Å²) in [6, 6.07) is 0. The largest absolute Gasteiger partial charge is 0.481 e. The molecular weight excluding hydrogens is 240 g/mol. The van der Waals surface area contributed by atoms with E-state index in [4.69, 9.17) is 5.11 Å². The maximum Gasteiger partial charge on any atom is 0.311 e. The zero-order chi connectivity index (χ0) is 9.30. The molecule has 0 radical (unpaired) electrons. The molecule has 0 aliphatic heterocycles. The van der Waals surface area contributed by atoms with Crippen molar-refractivity contribution >= 4 is 33.2 Å². The van der Waals surface area contributed by atoms with Crippen molar-refractivity contribution < 1.29 is 9.90 Å². The molecule has 0 aromatic carbocycles. The second kappa shape index (κ2) is 3.58. The molecular formula is C8H9BrO2S. The summed E-state index contributed by atoms with van der Waals surface area (Å²) in [6.07, 6.45) is 0. The Morgan fingerprint density at radius 1 is 1.75 bits per heavy atom. The van der Waals surface area contributed by atoms with Crippen LogP contribution >= 0.6 is 27.3 Å². The molecule has 1 aromatic heterocycles. The van der Waals surface area contributed by atoms with Crippen LogP contribution in [0, 0.1) is 6.92 Å². The number of carbonyl (C=O) groups is 1. The number of thiophene rings is 1. The van der Waals surface area contributed by atoms with E-state index in [1.165, 1.54) is 11.3 Å². The van der Waals surface area contributed by atoms with Crippen LogP contribution in [-0.4, -0.2) is 11.1 Å². The Morgan fingerprint density at radius 2 is 2.33 bits per heavy atom. The fraction of sp³-hybridized carbons (Fsp3) is 0.375. The highest BCUT2D eigenvalue weighted by Gasteiger charge is 2.19. The average Bonchev–Trinajstić information content (AvgIpc) is 2.32. The van der Waals surface area contributed by atoms with Crippen LogP contribution in [0.5, 0.6) is 0 Å². The number of hydrogen-bond donors (Lipinski definition) is 1. The van der Waals surface area contributed by atoms with Crippen molar-refractivity contribution in [3.63, 3.8) is 0 Å². The van der Waals surface area contributed by atoms with Crippen LogP contribution < -0.4 is 0 Å². The second-order valence-electron chi connectivity index (χ2n) is 2.66. The van der Waals surface area contributed by atoms with E-state index >= 15 is 0 Å². The molecule has 1 atom stereocenters. The Morgan fingerprint density at radius 3 is 2.67 bits per heavy atom. The third kappa shape index (κ3) is 1.69. The van der Waals surface area contributed by atoms with Gasteiger partial charge in [-0.3, -0.25) is 4.79 Å². The molecule has 0 fully saturated rings. The first-order valence-electron chi connectivity index (χ1n) is 3.50. The van der Waals surface area contributed by atoms with Crippen molar-refractivity contribution in [3.05, 3.63) is 20.3 Å². The summed E-state index contributed by atoms with van der Waals surface area (Å²) in [5, 5.41) is 10.7. The molecule has 1 aromatic rings. The second-order valence-corrected chi connectivity index (χ2v) is 4.36. The lowest BCUT2D eigenvalue weighted by molar-refractivity contribution is -0.138. The van der Waals surface area contributed by atoms with E-state index in [0.717, 1.165) is 14.9 Å². The monoisotopic (exact) mass is 248 g/mol. The van der Waals surface area contributed by atoms with Crippen LogP contribution in [0.25, 0.3) is 0 Å². The number of aryl methyl sites for hydroxylation is 1. The molecule has 0 amide bonds. The smallest absolute Gasteiger partial charge is 0.311 e. The van der Waals surface area contributed by atoms with Crippen LogP contribution in [0.1, 0.15) is 23.3 Å². The lowest BCUT2D eigenvalue weighted by Crippen LogP contribution is -2.05. The fourth-order valence-electron chi connectivity index (χ4n) is 0.854. The Kier molecular flexibility index (Phi) is 2.90. The predicted molar refractivity (Wildman–Crippen MR) is 52.8 cm³/mol. The molecule has 0 saturated carbocycles. The van der Waals surface area contributed by atoms with E-state index in [-0.39, 0.29) is 0 Å². The van der Waals surface area contributed by atoms with Crippen LogP contribution in [0.4, 0.5) is 0 Å². The molecule has 4 heteroatoms. The zero-order valence-electron chi connectivity index (χ0n) is 6.80. The third-order valence-corrected chi connectivity index (χ3v) is 4.29. The maximum absolute atomic E-state index is 10.6. The number of aliphatic carboxylic acids is 1. The van der Waals surface area contributed by atoms with Gasteiger partial charge in [-0.2, -0.15) is 0 Å². The molecule has 1 unspecified atom stereocenters. The van der Waals surface area contributed by atoms with Gasteiger partial charge < -0.3 is 5.11 Å². The van der Waals surface area contributed by atoms with Gasteiger partial charge in [-0.05, 0) is 40.7 Å². The van der Waals surface area contributed by atoms with E-state index in [0.29, 0.717) is 0 Å². The van der Waals surface area contributed by atoms with Gasteiger partial charge in [0.15, 0.2) is 0 Å². The topological polar surface area (TPSA) is 37.3 Å². The molecule has 1 N–H and O–H groups in total. The predicted octanol–water partition coefficient (Wildman–Crippen LogP) is 3.01. The summed E-state index contributed by atoms with van der Waals surface area (Å²) in [7, 11) is 0.